The lowest BCUT2D eigenvalue weighted by Crippen LogP contribution is -2.52. The van der Waals surface area contributed by atoms with Gasteiger partial charge in [-0.1, -0.05) is 0 Å². The number of rotatable bonds is 4. The van der Waals surface area contributed by atoms with E-state index in [2.05, 4.69) is 15.3 Å². The van der Waals surface area contributed by atoms with Gasteiger partial charge in [0.25, 0.3) is 11.5 Å². The smallest absolute Gasteiger partial charge is 0.380 e. The molecule has 3 aromatic rings. The summed E-state index contributed by atoms with van der Waals surface area (Å²) in [6, 6.07) is 8.12. The molecule has 0 aliphatic carbocycles. The van der Waals surface area contributed by atoms with Gasteiger partial charge in [-0.15, -0.1) is 0 Å². The first-order valence-corrected chi connectivity index (χ1v) is 11.9. The molecule has 0 saturated carbocycles. The Labute approximate surface area is 205 Å². The van der Waals surface area contributed by atoms with Crippen LogP contribution in [0.1, 0.15) is 53.1 Å². The normalized spacial score (nSPS) is 18.2. The lowest BCUT2D eigenvalue weighted by molar-refractivity contribution is -0.138. The number of amides is 1. The van der Waals surface area contributed by atoms with Crippen molar-refractivity contribution < 1.29 is 22.7 Å². The van der Waals surface area contributed by atoms with Crippen LogP contribution in [0.4, 0.5) is 18.9 Å². The molecule has 1 atom stereocenters. The van der Waals surface area contributed by atoms with E-state index in [0.29, 0.717) is 24.3 Å². The molecule has 36 heavy (non-hydrogen) atoms. The van der Waals surface area contributed by atoms with Crippen LogP contribution in [0.15, 0.2) is 41.2 Å². The number of nitrogens with one attached hydrogen (secondary N) is 2. The van der Waals surface area contributed by atoms with E-state index >= 15 is 0 Å². The lowest BCUT2D eigenvalue weighted by Gasteiger charge is -2.47. The number of hydrogen-bond acceptors (Lipinski definition) is 5. The summed E-state index contributed by atoms with van der Waals surface area (Å²) in [7, 11) is 0. The minimum absolute atomic E-state index is 0.00384. The molecule has 7 nitrogen and oxygen atoms in total. The molecule has 190 valence electrons. The second-order valence-electron chi connectivity index (χ2n) is 9.83. The van der Waals surface area contributed by atoms with E-state index < -0.39 is 23.3 Å². The van der Waals surface area contributed by atoms with Crippen LogP contribution in [0.25, 0.3) is 10.9 Å². The number of alkyl halides is 3. The molecule has 1 amide bonds. The summed E-state index contributed by atoms with van der Waals surface area (Å²) < 4.78 is 47.0. The van der Waals surface area contributed by atoms with Crippen molar-refractivity contribution in [2.24, 2.45) is 5.41 Å². The van der Waals surface area contributed by atoms with Crippen molar-refractivity contribution in [2.75, 3.05) is 31.6 Å². The van der Waals surface area contributed by atoms with Gasteiger partial charge in [0.05, 0.1) is 29.7 Å². The molecule has 0 bridgehead atoms. The molecule has 2 saturated heterocycles. The SMILES string of the molecule is Cc1nc2cc(C(F)(F)F)c([C@H](C)Nc3ccc(C(=O)N4CCC5(CC4)COC5)cc3)cc2c(=O)[nH]1. The number of aromatic amines is 1. The van der Waals surface area contributed by atoms with Gasteiger partial charge in [-0.3, -0.25) is 9.59 Å². The van der Waals surface area contributed by atoms with Crippen LogP contribution >= 0.6 is 0 Å². The maximum Gasteiger partial charge on any atom is 0.416 e. The number of halogens is 3. The molecule has 1 aromatic heterocycles. The first-order chi connectivity index (χ1) is 17.0. The molecular weight excluding hydrogens is 473 g/mol. The van der Waals surface area contributed by atoms with Gasteiger partial charge in [-0.05, 0) is 68.7 Å². The summed E-state index contributed by atoms with van der Waals surface area (Å²) >= 11 is 0. The van der Waals surface area contributed by atoms with Gasteiger partial charge in [-0.25, -0.2) is 4.98 Å². The number of ether oxygens (including phenoxy) is 1. The Morgan fingerprint density at radius 1 is 1.17 bits per heavy atom. The molecule has 2 N–H and O–H groups in total. The molecule has 0 unspecified atom stereocenters. The van der Waals surface area contributed by atoms with Crippen LogP contribution in [0.3, 0.4) is 0 Å². The second-order valence-corrected chi connectivity index (χ2v) is 9.83. The van der Waals surface area contributed by atoms with Crippen LogP contribution in [-0.2, 0) is 10.9 Å². The van der Waals surface area contributed by atoms with E-state index in [9.17, 15) is 22.8 Å². The molecule has 1 spiro atoms. The third-order valence-corrected chi connectivity index (χ3v) is 7.21. The van der Waals surface area contributed by atoms with Crippen LogP contribution in [0.2, 0.25) is 0 Å². The Morgan fingerprint density at radius 3 is 2.42 bits per heavy atom. The lowest BCUT2D eigenvalue weighted by atomic mass is 9.77. The summed E-state index contributed by atoms with van der Waals surface area (Å²) in [5, 5.41) is 3.16. The van der Waals surface area contributed by atoms with E-state index in [1.165, 1.54) is 13.0 Å². The quantitative estimate of drug-likeness (QED) is 0.544. The van der Waals surface area contributed by atoms with E-state index in [1.807, 2.05) is 4.90 Å². The number of hydrogen-bond donors (Lipinski definition) is 2. The summed E-state index contributed by atoms with van der Waals surface area (Å²) in [6.07, 6.45) is -2.76. The Hall–Kier alpha value is -3.40. The summed E-state index contributed by atoms with van der Waals surface area (Å²) in [4.78, 5) is 33.7. The maximum atomic E-state index is 13.9. The second kappa shape index (κ2) is 8.92. The number of benzene rings is 2. The molecule has 2 aliphatic heterocycles. The van der Waals surface area contributed by atoms with Crippen molar-refractivity contribution in [3.8, 4) is 0 Å². The van der Waals surface area contributed by atoms with E-state index in [1.54, 1.807) is 31.2 Å². The number of carbonyl (C=O) groups is 1. The summed E-state index contributed by atoms with van der Waals surface area (Å²) in [5.41, 5.74) is -0.0751. The molecule has 2 fully saturated rings. The van der Waals surface area contributed by atoms with Gasteiger partial charge in [0.1, 0.15) is 5.82 Å². The van der Waals surface area contributed by atoms with E-state index in [4.69, 9.17) is 4.74 Å². The average Bonchev–Trinajstić information content (AvgIpc) is 2.82. The fraction of sp³-hybridized carbons (Fsp3) is 0.423. The largest absolute Gasteiger partial charge is 0.416 e. The van der Waals surface area contributed by atoms with Crippen LogP contribution in [0, 0.1) is 12.3 Å². The molecule has 3 heterocycles. The first kappa shape index (κ1) is 24.3. The van der Waals surface area contributed by atoms with Crippen molar-refractivity contribution in [3.05, 3.63) is 69.3 Å². The zero-order valence-electron chi connectivity index (χ0n) is 20.0. The standard InChI is InChI=1S/C26H27F3N4O3/c1-15(19-11-20-22(12-21(19)26(27,28)29)31-16(2)32-23(20)34)30-18-5-3-17(4-6-18)24(35)33-9-7-25(8-10-33)13-36-14-25/h3-6,11-12,15,30H,7-10,13-14H2,1-2H3,(H,31,32,34)/t15-/m0/s1. The van der Waals surface area contributed by atoms with Crippen molar-refractivity contribution >= 4 is 22.5 Å². The van der Waals surface area contributed by atoms with Crippen LogP contribution in [-0.4, -0.2) is 47.1 Å². The third kappa shape index (κ3) is 4.57. The van der Waals surface area contributed by atoms with Crippen LogP contribution in [0.5, 0.6) is 0 Å². The number of aromatic nitrogens is 2. The summed E-state index contributed by atoms with van der Waals surface area (Å²) in [5.74, 6) is 0.191. The summed E-state index contributed by atoms with van der Waals surface area (Å²) in [6.45, 7) is 6.03. The van der Waals surface area contributed by atoms with Crippen molar-refractivity contribution in [1.82, 2.24) is 14.9 Å². The fourth-order valence-corrected chi connectivity index (χ4v) is 5.01. The number of fused-ring (bicyclic) bond motifs is 1. The highest BCUT2D eigenvalue weighted by atomic mass is 19.4. The number of piperidine rings is 1. The van der Waals surface area contributed by atoms with Gasteiger partial charge in [-0.2, -0.15) is 13.2 Å². The van der Waals surface area contributed by atoms with Crippen molar-refractivity contribution in [2.45, 2.75) is 38.9 Å². The van der Waals surface area contributed by atoms with Gasteiger partial charge in [0.15, 0.2) is 0 Å². The zero-order chi connectivity index (χ0) is 25.7. The molecule has 2 aromatic carbocycles. The molecule has 0 radical (unpaired) electrons. The molecule has 2 aliphatic rings. The number of nitrogens with zero attached hydrogens (tertiary/aromatic N) is 2. The number of aryl methyl sites for hydroxylation is 1. The fourth-order valence-electron chi connectivity index (χ4n) is 5.01. The van der Waals surface area contributed by atoms with Crippen LogP contribution < -0.4 is 10.9 Å². The third-order valence-electron chi connectivity index (χ3n) is 7.21. The zero-order valence-corrected chi connectivity index (χ0v) is 20.0. The minimum Gasteiger partial charge on any atom is -0.380 e. The topological polar surface area (TPSA) is 87.3 Å². The minimum atomic E-state index is -4.62. The predicted molar refractivity (Wildman–Crippen MR) is 129 cm³/mol. The van der Waals surface area contributed by atoms with Gasteiger partial charge in [0.2, 0.25) is 0 Å². The Bertz CT molecular complexity index is 1350. The first-order valence-electron chi connectivity index (χ1n) is 11.9. The monoisotopic (exact) mass is 500 g/mol. The predicted octanol–water partition coefficient (Wildman–Crippen LogP) is 4.68. The average molecular weight is 501 g/mol. The molecule has 10 heteroatoms. The van der Waals surface area contributed by atoms with Gasteiger partial charge >= 0.3 is 6.18 Å². The number of likely N-dealkylation sites (tertiary alicyclic amines) is 1. The van der Waals surface area contributed by atoms with Crippen molar-refractivity contribution in [1.29, 1.82) is 0 Å². The number of carbonyl (C=O) groups excluding carboxylic acids is 1. The van der Waals surface area contributed by atoms with Gasteiger partial charge in [0, 0.05) is 35.8 Å². The maximum absolute atomic E-state index is 13.9. The number of H-pyrrole nitrogens is 1. The Kier molecular flexibility index (Phi) is 6.02. The Morgan fingerprint density at radius 2 is 1.83 bits per heavy atom. The van der Waals surface area contributed by atoms with E-state index in [-0.39, 0.29) is 33.6 Å². The highest BCUT2D eigenvalue weighted by Gasteiger charge is 2.42. The highest BCUT2D eigenvalue weighted by Crippen LogP contribution is 2.39. The highest BCUT2D eigenvalue weighted by molar-refractivity contribution is 5.94. The molecular formula is C26H27F3N4O3. The van der Waals surface area contributed by atoms with Crippen molar-refractivity contribution in [3.63, 3.8) is 0 Å². The van der Waals surface area contributed by atoms with E-state index in [0.717, 1.165) is 32.1 Å². The number of anilines is 1. The Balaban J connectivity index is 1.34. The van der Waals surface area contributed by atoms with Gasteiger partial charge < -0.3 is 19.9 Å². The molecule has 5 rings (SSSR count).